The molecule has 0 radical (unpaired) electrons. The molecule has 0 unspecified atom stereocenters. The summed E-state index contributed by atoms with van der Waals surface area (Å²) in [5, 5.41) is 9.13. The minimum absolute atomic E-state index is 0.0764. The van der Waals surface area contributed by atoms with Crippen molar-refractivity contribution in [3.63, 3.8) is 0 Å². The van der Waals surface area contributed by atoms with Crippen molar-refractivity contribution >= 4 is 41.7 Å². The fourth-order valence-electron chi connectivity index (χ4n) is 1.66. The third-order valence-corrected chi connectivity index (χ3v) is 12.3. The van der Waals surface area contributed by atoms with Gasteiger partial charge in [0, 0.05) is 5.33 Å². The van der Waals surface area contributed by atoms with Crippen LogP contribution in [0.25, 0.3) is 0 Å². The number of alkyl halides is 1. The van der Waals surface area contributed by atoms with E-state index in [2.05, 4.69) is 36.7 Å². The molecule has 0 fully saturated rings. The van der Waals surface area contributed by atoms with E-state index in [9.17, 15) is 9.90 Å². The molecule has 0 amide bonds. The van der Waals surface area contributed by atoms with Gasteiger partial charge in [-0.05, 0) is 0 Å². The zero-order chi connectivity index (χ0) is 14.2. The first-order valence-corrected chi connectivity index (χ1v) is 14.4. The van der Waals surface area contributed by atoms with Crippen LogP contribution in [0.2, 0.25) is 13.3 Å². The monoisotopic (exact) mass is 428 g/mol. The van der Waals surface area contributed by atoms with E-state index in [4.69, 9.17) is 0 Å². The van der Waals surface area contributed by atoms with Crippen LogP contribution in [0.1, 0.15) is 59.3 Å². The molecule has 0 spiro atoms. The summed E-state index contributed by atoms with van der Waals surface area (Å²) in [6.45, 7) is 7.00. The molecule has 0 saturated carbocycles. The predicted octanol–water partition coefficient (Wildman–Crippen LogP) is 4.01. The van der Waals surface area contributed by atoms with Crippen molar-refractivity contribution in [1.29, 1.82) is 0 Å². The van der Waals surface area contributed by atoms with Crippen molar-refractivity contribution in [2.24, 2.45) is 0 Å². The quantitative estimate of drug-likeness (QED) is 0.390. The van der Waals surface area contributed by atoms with Gasteiger partial charge in [0.05, 0.1) is 5.97 Å². The van der Waals surface area contributed by atoms with E-state index >= 15 is 0 Å². The number of carboxylic acids is 1. The van der Waals surface area contributed by atoms with Crippen LogP contribution in [-0.4, -0.2) is 31.1 Å². The second kappa shape index (κ2) is 17.7. The molecule has 0 aliphatic heterocycles. The zero-order valence-corrected chi connectivity index (χ0v) is 16.7. The van der Waals surface area contributed by atoms with Gasteiger partial charge in [-0.3, -0.25) is 0 Å². The number of hydrogen-bond acceptors (Lipinski definition) is 2. The molecule has 0 heterocycles. The number of carboxylic acid groups (broad SMARTS) is 1. The van der Waals surface area contributed by atoms with Gasteiger partial charge in [0.15, 0.2) is 0 Å². The van der Waals surface area contributed by atoms with Gasteiger partial charge in [-0.15, -0.1) is 0 Å². The first kappa shape index (κ1) is 21.1. The number of hydrogen-bond donors (Lipinski definition) is 0. The molecule has 0 rings (SSSR count). The Bertz CT molecular complexity index is 158. The number of carbonyl (C=O) groups is 1. The van der Waals surface area contributed by atoms with Gasteiger partial charge in [0.2, 0.25) is 0 Å². The van der Waals surface area contributed by atoms with Crippen LogP contribution in [-0.2, 0) is 4.79 Å². The standard InChI is InChI=1S/3C4H9.C2H3BrO2.Sn/c3*1-3-4-2;3-1-2(4)5;/h3*1,3-4H2,2H3;1H2,(H,4,5);/q;;;;+1/p-1. The number of carbonyl (C=O) groups excluding carboxylic acids is 1. The number of halogens is 1. The Morgan fingerprint density at radius 3 is 1.39 bits per heavy atom. The predicted molar refractivity (Wildman–Crippen MR) is 83.7 cm³/mol. The summed E-state index contributed by atoms with van der Waals surface area (Å²) in [4.78, 5) is 9.21. The molecular weight excluding hydrogens is 399 g/mol. The minimum atomic E-state index is -1.08. The Kier molecular flexibility index (Phi) is 20.8. The second-order valence-electron chi connectivity index (χ2n) is 4.57. The van der Waals surface area contributed by atoms with Crippen LogP contribution in [0, 0.1) is 0 Å². The van der Waals surface area contributed by atoms with Gasteiger partial charge in [0.1, 0.15) is 0 Å². The first-order valence-electron chi connectivity index (χ1n) is 7.21. The Morgan fingerprint density at radius 2 is 1.22 bits per heavy atom. The molecule has 0 bridgehead atoms. The van der Waals surface area contributed by atoms with E-state index in [1.54, 1.807) is 13.3 Å². The average Bonchev–Trinajstić information content (AvgIpc) is 2.38. The summed E-state index contributed by atoms with van der Waals surface area (Å²) < 4.78 is 5.04. The van der Waals surface area contributed by atoms with Crippen LogP contribution in [0.4, 0.5) is 0 Å². The van der Waals surface area contributed by atoms with E-state index in [1.807, 2.05) is 0 Å². The van der Waals surface area contributed by atoms with Gasteiger partial charge < -0.3 is 9.90 Å². The van der Waals surface area contributed by atoms with Crippen LogP contribution in [0.5, 0.6) is 0 Å². The number of aliphatic carboxylic acids is 1. The molecule has 0 saturated heterocycles. The molecule has 0 atom stereocenters. The van der Waals surface area contributed by atoms with Gasteiger partial charge in [-0.1, -0.05) is 15.9 Å². The molecule has 0 aromatic carbocycles. The molecule has 0 N–H and O–H groups in total. The van der Waals surface area contributed by atoms with Gasteiger partial charge in [-0.25, -0.2) is 0 Å². The maximum Gasteiger partial charge on any atom is 0.0520 e. The van der Waals surface area contributed by atoms with E-state index in [0.29, 0.717) is 0 Å². The molecule has 18 heavy (non-hydrogen) atoms. The van der Waals surface area contributed by atoms with E-state index in [1.165, 1.54) is 38.5 Å². The van der Waals surface area contributed by atoms with Gasteiger partial charge >= 0.3 is 92.4 Å². The zero-order valence-electron chi connectivity index (χ0n) is 12.3. The molecule has 0 aliphatic rings. The van der Waals surface area contributed by atoms with Gasteiger partial charge in [-0.2, -0.15) is 0 Å². The molecule has 4 heteroatoms. The smallest absolute Gasteiger partial charge is 0.0520 e. The Balaban J connectivity index is 0. The fraction of sp³-hybridized carbons (Fsp3) is 0.929. The largest absolute Gasteiger partial charge is 0.549 e. The van der Waals surface area contributed by atoms with E-state index in [0.717, 1.165) is 0 Å². The van der Waals surface area contributed by atoms with Crippen molar-refractivity contribution in [2.45, 2.75) is 72.6 Å². The van der Waals surface area contributed by atoms with Gasteiger partial charge in [0.25, 0.3) is 0 Å². The summed E-state index contributed by atoms with van der Waals surface area (Å²) >= 11 is 1.81. The normalized spacial score (nSPS) is 9.56. The third kappa shape index (κ3) is 19.1. The molecule has 0 aromatic rings. The molecule has 0 aliphatic carbocycles. The summed E-state index contributed by atoms with van der Waals surface area (Å²) in [6.07, 6.45) is 8.85. The van der Waals surface area contributed by atoms with Crippen LogP contribution < -0.4 is 5.11 Å². The Hall–Kier alpha value is 0.749. The van der Waals surface area contributed by atoms with Crippen LogP contribution in [0.15, 0.2) is 0 Å². The Morgan fingerprint density at radius 1 is 0.944 bits per heavy atom. The fourth-order valence-corrected chi connectivity index (χ4v) is 11.1. The van der Waals surface area contributed by atoms with Crippen LogP contribution in [0.3, 0.4) is 0 Å². The summed E-state index contributed by atoms with van der Waals surface area (Å²) in [7, 11) is 0. The molecule has 2 nitrogen and oxygen atoms in total. The van der Waals surface area contributed by atoms with Crippen LogP contribution >= 0.6 is 15.9 Å². The molecule has 108 valence electrons. The maximum atomic E-state index is 9.21. The average molecular weight is 428 g/mol. The van der Waals surface area contributed by atoms with Crippen molar-refractivity contribution in [3.05, 3.63) is 0 Å². The summed E-state index contributed by atoms with van der Waals surface area (Å²) in [5.74, 6) is -1.08. The van der Waals surface area contributed by atoms with Crippen molar-refractivity contribution in [3.8, 4) is 0 Å². The Labute approximate surface area is 129 Å². The van der Waals surface area contributed by atoms with Crippen molar-refractivity contribution in [1.82, 2.24) is 0 Å². The second-order valence-corrected chi connectivity index (χ2v) is 13.7. The van der Waals surface area contributed by atoms with E-state index in [-0.39, 0.29) is 5.33 Å². The van der Waals surface area contributed by atoms with Crippen molar-refractivity contribution in [2.75, 3.05) is 5.33 Å². The maximum absolute atomic E-state index is 9.21. The van der Waals surface area contributed by atoms with E-state index < -0.39 is 25.7 Å². The SMILES string of the molecule is CCC[CH2][Sn+]([CH2]CCC)[CH2]CCC.O=C([O-])CBr. The summed E-state index contributed by atoms with van der Waals surface area (Å²) in [5.41, 5.74) is 0. The third-order valence-electron chi connectivity index (χ3n) is 2.76. The minimum Gasteiger partial charge on any atom is -0.549 e. The molecule has 0 aromatic heterocycles. The van der Waals surface area contributed by atoms with Crippen molar-refractivity contribution < 1.29 is 9.90 Å². The topological polar surface area (TPSA) is 40.1 Å². The number of unbranched alkanes of at least 4 members (excludes halogenated alkanes) is 3. The molecular formula is C14H29BrO2Sn. The first-order chi connectivity index (χ1) is 8.62. The number of rotatable bonds is 10. The summed E-state index contributed by atoms with van der Waals surface area (Å²) in [6, 6.07) is 0.